The van der Waals surface area contributed by atoms with Gasteiger partial charge in [0.1, 0.15) is 5.82 Å². The molecule has 1 amide bonds. The summed E-state index contributed by atoms with van der Waals surface area (Å²) in [7, 11) is 0. The first-order chi connectivity index (χ1) is 8.15. The van der Waals surface area contributed by atoms with E-state index in [2.05, 4.69) is 5.32 Å². The van der Waals surface area contributed by atoms with Crippen LogP contribution in [0.1, 0.15) is 24.5 Å². The van der Waals surface area contributed by atoms with E-state index in [9.17, 15) is 14.3 Å². The lowest BCUT2D eigenvalue weighted by molar-refractivity contribution is -0.121. The number of nitrogens with two attached hydrogens (primary N) is 1. The summed E-state index contributed by atoms with van der Waals surface area (Å²) < 4.78 is 13.3. The Morgan fingerprint density at radius 3 is 2.72 bits per heavy atom. The Morgan fingerprint density at radius 2 is 2.11 bits per heavy atom. The average Bonchev–Trinajstić information content (AvgIpc) is 2.34. The molecular formula is C12H18ClFN2O2. The van der Waals surface area contributed by atoms with E-state index in [1.54, 1.807) is 12.1 Å². The summed E-state index contributed by atoms with van der Waals surface area (Å²) in [5.41, 5.74) is 5.45. The first kappa shape index (κ1) is 16.8. The first-order valence-electron chi connectivity index (χ1n) is 5.54. The monoisotopic (exact) mass is 276 g/mol. The molecule has 0 bridgehead atoms. The molecule has 6 heteroatoms. The normalized spacial score (nSPS) is 11.5. The molecule has 1 unspecified atom stereocenters. The Bertz CT molecular complexity index is 377. The van der Waals surface area contributed by atoms with Crippen LogP contribution in [0.3, 0.4) is 0 Å². The number of carbonyl (C=O) groups excluding carboxylic acids is 1. The van der Waals surface area contributed by atoms with Crippen molar-refractivity contribution in [1.29, 1.82) is 0 Å². The lowest BCUT2D eigenvalue weighted by atomic mass is 10.1. The number of aliphatic hydroxyl groups is 1. The molecule has 1 aromatic carbocycles. The van der Waals surface area contributed by atoms with Crippen LogP contribution < -0.4 is 11.1 Å². The molecule has 0 saturated heterocycles. The highest BCUT2D eigenvalue weighted by Crippen LogP contribution is 2.15. The van der Waals surface area contributed by atoms with Crippen LogP contribution in [0.25, 0.3) is 0 Å². The van der Waals surface area contributed by atoms with Gasteiger partial charge in [-0.1, -0.05) is 18.2 Å². The number of rotatable bonds is 6. The van der Waals surface area contributed by atoms with Crippen LogP contribution in [0, 0.1) is 5.82 Å². The van der Waals surface area contributed by atoms with E-state index in [0.29, 0.717) is 19.4 Å². The van der Waals surface area contributed by atoms with Crippen molar-refractivity contribution in [3.8, 4) is 0 Å². The van der Waals surface area contributed by atoms with Crippen LogP contribution >= 0.6 is 12.4 Å². The molecule has 1 aromatic rings. The third-order valence-corrected chi connectivity index (χ3v) is 2.36. The number of hydrogen-bond donors (Lipinski definition) is 3. The number of hydrogen-bond acceptors (Lipinski definition) is 3. The molecule has 0 aromatic heterocycles. The van der Waals surface area contributed by atoms with E-state index in [4.69, 9.17) is 5.73 Å². The Kier molecular flexibility index (Phi) is 8.28. The third-order valence-electron chi connectivity index (χ3n) is 2.36. The zero-order valence-corrected chi connectivity index (χ0v) is 10.8. The van der Waals surface area contributed by atoms with Crippen LogP contribution in [0.4, 0.5) is 4.39 Å². The lowest BCUT2D eigenvalue weighted by Crippen LogP contribution is -2.28. The molecule has 18 heavy (non-hydrogen) atoms. The second-order valence-corrected chi connectivity index (χ2v) is 3.73. The topological polar surface area (TPSA) is 75.4 Å². The molecule has 4 N–H and O–H groups in total. The van der Waals surface area contributed by atoms with Crippen molar-refractivity contribution >= 4 is 18.3 Å². The van der Waals surface area contributed by atoms with Crippen molar-refractivity contribution in [2.75, 3.05) is 13.1 Å². The highest BCUT2D eigenvalue weighted by Gasteiger charge is 2.12. The third kappa shape index (κ3) is 5.44. The maximum Gasteiger partial charge on any atom is 0.220 e. The van der Waals surface area contributed by atoms with Gasteiger partial charge in [-0.15, -0.1) is 12.4 Å². The Hall–Kier alpha value is -1.17. The van der Waals surface area contributed by atoms with E-state index in [0.717, 1.165) is 0 Å². The van der Waals surface area contributed by atoms with Crippen molar-refractivity contribution in [3.63, 3.8) is 0 Å². The van der Waals surface area contributed by atoms with E-state index >= 15 is 0 Å². The predicted molar refractivity (Wildman–Crippen MR) is 69.9 cm³/mol. The first-order valence-corrected chi connectivity index (χ1v) is 5.54. The van der Waals surface area contributed by atoms with Crippen molar-refractivity contribution in [1.82, 2.24) is 5.32 Å². The van der Waals surface area contributed by atoms with Crippen LogP contribution in [0.2, 0.25) is 0 Å². The fourth-order valence-corrected chi connectivity index (χ4v) is 1.42. The van der Waals surface area contributed by atoms with Gasteiger partial charge in [0.25, 0.3) is 0 Å². The zero-order valence-electron chi connectivity index (χ0n) is 9.93. The SMILES string of the molecule is Cl.NCCCC(=O)NCC(O)c1ccccc1F. The molecule has 4 nitrogen and oxygen atoms in total. The number of amides is 1. The minimum Gasteiger partial charge on any atom is -0.386 e. The standard InChI is InChI=1S/C12H17FN2O2.ClH/c13-10-5-2-1-4-9(10)11(16)8-15-12(17)6-3-7-14;/h1-2,4-5,11,16H,3,6-8,14H2,(H,15,17);1H. The summed E-state index contributed by atoms with van der Waals surface area (Å²) in [5.74, 6) is -0.665. The van der Waals surface area contributed by atoms with Crippen molar-refractivity contribution in [2.45, 2.75) is 18.9 Å². The highest BCUT2D eigenvalue weighted by molar-refractivity contribution is 5.85. The zero-order chi connectivity index (χ0) is 12.7. The molecule has 0 radical (unpaired) electrons. The summed E-state index contributed by atoms with van der Waals surface area (Å²) in [5, 5.41) is 12.2. The fourth-order valence-electron chi connectivity index (χ4n) is 1.42. The fraction of sp³-hybridized carbons (Fsp3) is 0.417. The Balaban J connectivity index is 0.00000289. The van der Waals surface area contributed by atoms with Crippen molar-refractivity contribution in [2.24, 2.45) is 5.73 Å². The van der Waals surface area contributed by atoms with E-state index in [1.165, 1.54) is 12.1 Å². The van der Waals surface area contributed by atoms with Gasteiger partial charge in [0, 0.05) is 18.5 Å². The molecule has 0 aliphatic heterocycles. The van der Waals surface area contributed by atoms with Crippen LogP contribution in [0.5, 0.6) is 0 Å². The number of aliphatic hydroxyl groups excluding tert-OH is 1. The molecule has 0 aliphatic rings. The molecule has 0 heterocycles. The number of carbonyl (C=O) groups is 1. The van der Waals surface area contributed by atoms with Crippen LogP contribution in [-0.4, -0.2) is 24.1 Å². The van der Waals surface area contributed by atoms with Gasteiger partial charge in [-0.25, -0.2) is 4.39 Å². The van der Waals surface area contributed by atoms with E-state index in [1.807, 2.05) is 0 Å². The molecular weight excluding hydrogens is 259 g/mol. The molecule has 102 valence electrons. The van der Waals surface area contributed by atoms with Gasteiger partial charge >= 0.3 is 0 Å². The molecule has 1 rings (SSSR count). The molecule has 0 spiro atoms. The lowest BCUT2D eigenvalue weighted by Gasteiger charge is -2.12. The molecule has 0 saturated carbocycles. The number of benzene rings is 1. The Morgan fingerprint density at radius 1 is 1.44 bits per heavy atom. The van der Waals surface area contributed by atoms with E-state index < -0.39 is 11.9 Å². The summed E-state index contributed by atoms with van der Waals surface area (Å²) >= 11 is 0. The second kappa shape index (κ2) is 8.85. The second-order valence-electron chi connectivity index (χ2n) is 3.73. The summed E-state index contributed by atoms with van der Waals surface area (Å²) in [4.78, 5) is 11.3. The van der Waals surface area contributed by atoms with E-state index in [-0.39, 0.29) is 30.4 Å². The summed E-state index contributed by atoms with van der Waals surface area (Å²) in [6, 6.07) is 5.95. The molecule has 0 aliphatic carbocycles. The molecule has 0 fully saturated rings. The minimum atomic E-state index is -1.03. The van der Waals surface area contributed by atoms with Gasteiger partial charge in [0.15, 0.2) is 0 Å². The van der Waals surface area contributed by atoms with Gasteiger partial charge < -0.3 is 16.2 Å². The maximum absolute atomic E-state index is 13.3. The predicted octanol–water partition coefficient (Wildman–Crippen LogP) is 1.14. The quantitative estimate of drug-likeness (QED) is 0.729. The van der Waals surface area contributed by atoms with Gasteiger partial charge in [0.05, 0.1) is 6.10 Å². The van der Waals surface area contributed by atoms with Gasteiger partial charge in [0.2, 0.25) is 5.91 Å². The van der Waals surface area contributed by atoms with Crippen LogP contribution in [0.15, 0.2) is 24.3 Å². The number of nitrogens with one attached hydrogen (secondary N) is 1. The van der Waals surface area contributed by atoms with Gasteiger partial charge in [-0.3, -0.25) is 4.79 Å². The summed E-state index contributed by atoms with van der Waals surface area (Å²) in [6.07, 6.45) is -0.111. The van der Waals surface area contributed by atoms with Crippen LogP contribution in [-0.2, 0) is 4.79 Å². The van der Waals surface area contributed by atoms with Crippen molar-refractivity contribution < 1.29 is 14.3 Å². The van der Waals surface area contributed by atoms with Crippen molar-refractivity contribution in [3.05, 3.63) is 35.6 Å². The minimum absolute atomic E-state index is 0. The summed E-state index contributed by atoms with van der Waals surface area (Å²) in [6.45, 7) is 0.452. The maximum atomic E-state index is 13.3. The molecule has 1 atom stereocenters. The van der Waals surface area contributed by atoms with Gasteiger partial charge in [-0.2, -0.15) is 0 Å². The van der Waals surface area contributed by atoms with Gasteiger partial charge in [-0.05, 0) is 19.0 Å². The average molecular weight is 277 g/mol. The number of halogens is 2. The highest BCUT2D eigenvalue weighted by atomic mass is 35.5. The smallest absolute Gasteiger partial charge is 0.220 e. The Labute approximate surface area is 112 Å². The largest absolute Gasteiger partial charge is 0.386 e.